The predicted octanol–water partition coefficient (Wildman–Crippen LogP) is 2.40. The SMILES string of the molecule is CNC(CCOC)c1cnccc1C(F)(F)F. The lowest BCUT2D eigenvalue weighted by Gasteiger charge is -2.20. The summed E-state index contributed by atoms with van der Waals surface area (Å²) in [6.45, 7) is 0.387. The van der Waals surface area contributed by atoms with Crippen molar-refractivity contribution in [1.29, 1.82) is 0 Å². The molecule has 0 aromatic carbocycles. The van der Waals surface area contributed by atoms with Crippen LogP contribution in [0.4, 0.5) is 13.2 Å². The van der Waals surface area contributed by atoms with E-state index in [1.54, 1.807) is 7.05 Å². The highest BCUT2D eigenvalue weighted by Crippen LogP contribution is 2.34. The highest BCUT2D eigenvalue weighted by atomic mass is 19.4. The van der Waals surface area contributed by atoms with E-state index >= 15 is 0 Å². The Hall–Kier alpha value is -1.14. The topological polar surface area (TPSA) is 34.1 Å². The second-order valence-corrected chi connectivity index (χ2v) is 3.58. The fourth-order valence-corrected chi connectivity index (χ4v) is 1.63. The van der Waals surface area contributed by atoms with Gasteiger partial charge < -0.3 is 10.1 Å². The molecular weight excluding hydrogens is 233 g/mol. The molecule has 6 heteroatoms. The van der Waals surface area contributed by atoms with Gasteiger partial charge in [0.2, 0.25) is 0 Å². The van der Waals surface area contributed by atoms with E-state index in [1.807, 2.05) is 0 Å². The predicted molar refractivity (Wildman–Crippen MR) is 57.5 cm³/mol. The fraction of sp³-hybridized carbons (Fsp3) is 0.545. The molecule has 3 nitrogen and oxygen atoms in total. The third-order valence-corrected chi connectivity index (χ3v) is 2.49. The lowest BCUT2D eigenvalue weighted by molar-refractivity contribution is -0.138. The molecule has 1 N–H and O–H groups in total. The Balaban J connectivity index is 3.02. The number of pyridine rings is 1. The van der Waals surface area contributed by atoms with Crippen LogP contribution in [0.1, 0.15) is 23.6 Å². The van der Waals surface area contributed by atoms with Crippen LogP contribution in [0, 0.1) is 0 Å². The molecule has 1 atom stereocenters. The first kappa shape index (κ1) is 13.9. The van der Waals surface area contributed by atoms with Gasteiger partial charge in [-0.2, -0.15) is 13.2 Å². The Bertz CT molecular complexity index is 355. The van der Waals surface area contributed by atoms with Crippen molar-refractivity contribution in [3.8, 4) is 0 Å². The van der Waals surface area contributed by atoms with Crippen LogP contribution in [-0.4, -0.2) is 25.7 Å². The number of ether oxygens (including phenoxy) is 1. The number of nitrogens with zero attached hydrogens (tertiary/aromatic N) is 1. The van der Waals surface area contributed by atoms with Gasteiger partial charge in [0.05, 0.1) is 5.56 Å². The first-order valence-corrected chi connectivity index (χ1v) is 5.18. The normalized spacial score (nSPS) is 13.7. The molecule has 0 amide bonds. The Morgan fingerprint density at radius 1 is 1.47 bits per heavy atom. The summed E-state index contributed by atoms with van der Waals surface area (Å²) in [6, 6.07) is 0.576. The molecule has 0 saturated heterocycles. The van der Waals surface area contributed by atoms with Gasteiger partial charge in [-0.05, 0) is 25.1 Å². The molecule has 0 aliphatic heterocycles. The van der Waals surface area contributed by atoms with Gasteiger partial charge in [-0.25, -0.2) is 0 Å². The molecule has 0 radical (unpaired) electrons. The van der Waals surface area contributed by atoms with E-state index in [0.29, 0.717) is 13.0 Å². The molecule has 0 bridgehead atoms. The summed E-state index contributed by atoms with van der Waals surface area (Å²) in [5.74, 6) is 0. The maximum Gasteiger partial charge on any atom is 0.416 e. The van der Waals surface area contributed by atoms with E-state index < -0.39 is 17.8 Å². The van der Waals surface area contributed by atoms with Crippen LogP contribution < -0.4 is 5.32 Å². The van der Waals surface area contributed by atoms with E-state index in [1.165, 1.54) is 13.3 Å². The number of rotatable bonds is 5. The second-order valence-electron chi connectivity index (χ2n) is 3.58. The minimum atomic E-state index is -4.36. The van der Waals surface area contributed by atoms with E-state index in [2.05, 4.69) is 10.3 Å². The molecule has 0 saturated carbocycles. The van der Waals surface area contributed by atoms with Crippen molar-refractivity contribution >= 4 is 0 Å². The third kappa shape index (κ3) is 3.67. The highest BCUT2D eigenvalue weighted by Gasteiger charge is 2.34. The van der Waals surface area contributed by atoms with Crippen molar-refractivity contribution in [2.45, 2.75) is 18.6 Å². The molecule has 1 aromatic rings. The molecule has 1 rings (SSSR count). The van der Waals surface area contributed by atoms with Gasteiger partial charge in [0.1, 0.15) is 0 Å². The molecule has 17 heavy (non-hydrogen) atoms. The first-order chi connectivity index (χ1) is 8.00. The Kier molecular flexibility index (Phi) is 4.89. The van der Waals surface area contributed by atoms with Crippen molar-refractivity contribution < 1.29 is 17.9 Å². The molecule has 0 spiro atoms. The fourth-order valence-electron chi connectivity index (χ4n) is 1.63. The van der Waals surface area contributed by atoms with Crippen molar-refractivity contribution in [3.63, 3.8) is 0 Å². The van der Waals surface area contributed by atoms with Gasteiger partial charge in [0.25, 0.3) is 0 Å². The lowest BCUT2D eigenvalue weighted by Crippen LogP contribution is -2.22. The maximum atomic E-state index is 12.8. The quantitative estimate of drug-likeness (QED) is 0.868. The van der Waals surface area contributed by atoms with Crippen molar-refractivity contribution in [1.82, 2.24) is 10.3 Å². The molecule has 1 unspecified atom stereocenters. The monoisotopic (exact) mass is 248 g/mol. The lowest BCUT2D eigenvalue weighted by atomic mass is 10.0. The van der Waals surface area contributed by atoms with Crippen molar-refractivity contribution in [2.24, 2.45) is 0 Å². The average molecular weight is 248 g/mol. The average Bonchev–Trinajstić information content (AvgIpc) is 2.29. The first-order valence-electron chi connectivity index (χ1n) is 5.18. The van der Waals surface area contributed by atoms with Crippen LogP contribution in [0.3, 0.4) is 0 Å². The Morgan fingerprint density at radius 2 is 2.18 bits per heavy atom. The summed E-state index contributed by atoms with van der Waals surface area (Å²) >= 11 is 0. The van der Waals surface area contributed by atoms with E-state index in [4.69, 9.17) is 4.74 Å². The Morgan fingerprint density at radius 3 is 2.71 bits per heavy atom. The zero-order valence-electron chi connectivity index (χ0n) is 9.71. The summed E-state index contributed by atoms with van der Waals surface area (Å²) in [5.41, 5.74) is -0.498. The van der Waals surface area contributed by atoms with Crippen LogP contribution in [0.2, 0.25) is 0 Å². The standard InChI is InChI=1S/C11H15F3N2O/c1-15-10(4-6-17-2)8-7-16-5-3-9(8)11(12,13)14/h3,5,7,10,15H,4,6H2,1-2H3. The highest BCUT2D eigenvalue weighted by molar-refractivity contribution is 5.29. The van der Waals surface area contributed by atoms with Gasteiger partial charge >= 0.3 is 6.18 Å². The van der Waals surface area contributed by atoms with Crippen molar-refractivity contribution in [2.75, 3.05) is 20.8 Å². The number of hydrogen-bond donors (Lipinski definition) is 1. The largest absolute Gasteiger partial charge is 0.416 e. The van der Waals surface area contributed by atoms with Gasteiger partial charge in [0.15, 0.2) is 0 Å². The van der Waals surface area contributed by atoms with Gasteiger partial charge in [0, 0.05) is 32.2 Å². The Labute approximate surface area is 98.0 Å². The number of halogens is 3. The van der Waals surface area contributed by atoms with E-state index in [9.17, 15) is 13.2 Å². The molecule has 96 valence electrons. The maximum absolute atomic E-state index is 12.8. The van der Waals surface area contributed by atoms with E-state index in [-0.39, 0.29) is 5.56 Å². The molecule has 0 fully saturated rings. The summed E-state index contributed by atoms with van der Waals surface area (Å²) in [6.07, 6.45) is -1.50. The zero-order chi connectivity index (χ0) is 12.9. The van der Waals surface area contributed by atoms with E-state index in [0.717, 1.165) is 12.3 Å². The van der Waals surface area contributed by atoms with Gasteiger partial charge in [-0.3, -0.25) is 4.98 Å². The number of aromatic nitrogens is 1. The van der Waals surface area contributed by atoms with Crippen LogP contribution in [0.5, 0.6) is 0 Å². The van der Waals surface area contributed by atoms with Crippen LogP contribution in [-0.2, 0) is 10.9 Å². The van der Waals surface area contributed by atoms with Crippen LogP contribution >= 0.6 is 0 Å². The van der Waals surface area contributed by atoms with Gasteiger partial charge in [-0.15, -0.1) is 0 Å². The number of hydrogen-bond acceptors (Lipinski definition) is 3. The summed E-state index contributed by atoms with van der Waals surface area (Å²) in [5, 5.41) is 2.85. The second kappa shape index (κ2) is 5.97. The molecule has 1 aromatic heterocycles. The molecule has 1 heterocycles. The van der Waals surface area contributed by atoms with Crippen LogP contribution in [0.15, 0.2) is 18.5 Å². The molecule has 0 aliphatic carbocycles. The molecule has 0 aliphatic rings. The summed E-state index contributed by atoms with van der Waals surface area (Å²) in [4.78, 5) is 3.75. The number of alkyl halides is 3. The van der Waals surface area contributed by atoms with Crippen LogP contribution in [0.25, 0.3) is 0 Å². The summed E-state index contributed by atoms with van der Waals surface area (Å²) < 4.78 is 43.2. The smallest absolute Gasteiger partial charge is 0.385 e. The number of nitrogens with one attached hydrogen (secondary N) is 1. The zero-order valence-corrected chi connectivity index (χ0v) is 9.71. The minimum Gasteiger partial charge on any atom is -0.385 e. The van der Waals surface area contributed by atoms with Crippen molar-refractivity contribution in [3.05, 3.63) is 29.6 Å². The molecular formula is C11H15F3N2O. The third-order valence-electron chi connectivity index (χ3n) is 2.49. The van der Waals surface area contributed by atoms with Gasteiger partial charge in [-0.1, -0.05) is 0 Å². The minimum absolute atomic E-state index is 0.152. The summed E-state index contributed by atoms with van der Waals surface area (Å²) in [7, 11) is 3.13. The number of methoxy groups -OCH3 is 1.